The van der Waals surface area contributed by atoms with Gasteiger partial charge in [0.05, 0.1) is 11.4 Å². The molecule has 7 nitrogen and oxygen atoms in total. The van der Waals surface area contributed by atoms with Crippen LogP contribution in [0.1, 0.15) is 13.3 Å². The Hall–Kier alpha value is -4.26. The van der Waals surface area contributed by atoms with E-state index in [0.29, 0.717) is 41.8 Å². The van der Waals surface area contributed by atoms with Crippen molar-refractivity contribution in [2.24, 2.45) is 20.7 Å². The van der Waals surface area contributed by atoms with Crippen molar-refractivity contribution in [3.05, 3.63) is 104 Å². The number of allylic oxidation sites excluding steroid dienone is 7. The number of aliphatic imine (C=N–C) groups is 3. The molecule has 1 unspecified atom stereocenters. The number of dihydropyridines is 1. The highest BCUT2D eigenvalue weighted by molar-refractivity contribution is 6.09. The summed E-state index contributed by atoms with van der Waals surface area (Å²) in [6.07, 6.45) is 22.6. The summed E-state index contributed by atoms with van der Waals surface area (Å²) in [5.74, 6) is 1.45. The molecule has 170 valence electrons. The zero-order valence-corrected chi connectivity index (χ0v) is 18.9. The van der Waals surface area contributed by atoms with Crippen LogP contribution in [0.3, 0.4) is 0 Å². The van der Waals surface area contributed by atoms with Crippen LogP contribution >= 0.6 is 0 Å². The fourth-order valence-corrected chi connectivity index (χ4v) is 2.74. The van der Waals surface area contributed by atoms with Crippen LogP contribution in [0.25, 0.3) is 0 Å². The number of nitrogens with one attached hydrogen (secondary N) is 1. The minimum atomic E-state index is -0.219. The minimum absolute atomic E-state index is 0.219. The standard InChI is InChI=1S/C26H31N7/c1-4-7-13-20(6-3)25(33-24(28)23-16-8-9-17-29-23)32-21(12-5-2)14-10-18-30-26-22(27)15-11-19-31-26/h4-15,17,19,23H,2-3,16,18,27H2,1H3,(H,30,31)(H2,28,32,33)/b7-4-,14-10-,20-13+,21-12+. The van der Waals surface area contributed by atoms with Crippen molar-refractivity contribution in [3.63, 3.8) is 0 Å². The Morgan fingerprint density at radius 1 is 1.30 bits per heavy atom. The molecule has 0 saturated carbocycles. The Balaban J connectivity index is 2.32. The lowest BCUT2D eigenvalue weighted by Gasteiger charge is -2.13. The fraction of sp³-hybridized carbons (Fsp3) is 0.154. The van der Waals surface area contributed by atoms with E-state index in [1.54, 1.807) is 42.8 Å². The maximum atomic E-state index is 6.28. The van der Waals surface area contributed by atoms with Crippen molar-refractivity contribution in [2.45, 2.75) is 19.4 Å². The normalized spacial score (nSPS) is 17.7. The lowest BCUT2D eigenvalue weighted by Crippen LogP contribution is -2.29. The molecule has 0 radical (unpaired) electrons. The van der Waals surface area contributed by atoms with E-state index in [9.17, 15) is 0 Å². The van der Waals surface area contributed by atoms with E-state index in [0.717, 1.165) is 5.57 Å². The molecule has 1 aliphatic rings. The molecule has 1 aromatic rings. The zero-order valence-electron chi connectivity index (χ0n) is 18.9. The summed E-state index contributed by atoms with van der Waals surface area (Å²) in [7, 11) is 0. The largest absolute Gasteiger partial charge is 0.396 e. The third-order valence-corrected chi connectivity index (χ3v) is 4.41. The van der Waals surface area contributed by atoms with Gasteiger partial charge >= 0.3 is 0 Å². The van der Waals surface area contributed by atoms with Gasteiger partial charge in [-0.3, -0.25) is 4.99 Å². The molecule has 33 heavy (non-hydrogen) atoms. The maximum Gasteiger partial charge on any atom is 0.161 e. The molecule has 1 atom stereocenters. The number of nitrogens with two attached hydrogens (primary N) is 2. The number of pyridine rings is 1. The van der Waals surface area contributed by atoms with E-state index >= 15 is 0 Å². The molecule has 0 spiro atoms. The van der Waals surface area contributed by atoms with Crippen LogP contribution in [0.5, 0.6) is 0 Å². The van der Waals surface area contributed by atoms with Crippen LogP contribution in [0.15, 0.2) is 118 Å². The summed E-state index contributed by atoms with van der Waals surface area (Å²) in [4.78, 5) is 17.9. The van der Waals surface area contributed by atoms with Crippen LogP contribution in [-0.4, -0.2) is 35.5 Å². The molecule has 5 N–H and O–H groups in total. The Bertz CT molecular complexity index is 1070. The topological polar surface area (TPSA) is 114 Å². The number of nitrogens with zero attached hydrogens (tertiary/aromatic N) is 4. The average Bonchev–Trinajstić information content (AvgIpc) is 2.83. The lowest BCUT2D eigenvalue weighted by molar-refractivity contribution is 0.865. The minimum Gasteiger partial charge on any atom is -0.396 e. The highest BCUT2D eigenvalue weighted by atomic mass is 15.0. The molecule has 1 aromatic heterocycles. The number of nitrogen functional groups attached to an aromatic ring is 1. The van der Waals surface area contributed by atoms with E-state index in [1.807, 2.05) is 49.5 Å². The van der Waals surface area contributed by atoms with E-state index < -0.39 is 0 Å². The molecule has 0 aliphatic carbocycles. The molecule has 7 heteroatoms. The molecule has 2 rings (SSSR count). The van der Waals surface area contributed by atoms with Gasteiger partial charge in [0.15, 0.2) is 5.84 Å². The van der Waals surface area contributed by atoms with Gasteiger partial charge in [-0.25, -0.2) is 15.0 Å². The quantitative estimate of drug-likeness (QED) is 0.281. The summed E-state index contributed by atoms with van der Waals surface area (Å²) in [5.41, 5.74) is 14.2. The van der Waals surface area contributed by atoms with Crippen molar-refractivity contribution in [3.8, 4) is 0 Å². The third-order valence-electron chi connectivity index (χ3n) is 4.41. The summed E-state index contributed by atoms with van der Waals surface area (Å²) in [5, 5.41) is 3.17. The molecular weight excluding hydrogens is 410 g/mol. The van der Waals surface area contributed by atoms with Crippen LogP contribution in [-0.2, 0) is 0 Å². The molecule has 0 fully saturated rings. The second-order valence-electron chi connectivity index (χ2n) is 6.85. The van der Waals surface area contributed by atoms with Gasteiger partial charge in [0.1, 0.15) is 17.7 Å². The second-order valence-corrected chi connectivity index (χ2v) is 6.85. The Kier molecular flexibility index (Phi) is 10.6. The Labute approximate surface area is 195 Å². The van der Waals surface area contributed by atoms with Crippen molar-refractivity contribution in [2.75, 3.05) is 17.6 Å². The summed E-state index contributed by atoms with van der Waals surface area (Å²) in [6, 6.07) is 3.36. The molecule has 0 saturated heterocycles. The number of hydrogen-bond acceptors (Lipinski definition) is 5. The highest BCUT2D eigenvalue weighted by Crippen LogP contribution is 2.13. The van der Waals surface area contributed by atoms with Crippen molar-refractivity contribution >= 4 is 29.4 Å². The number of amidine groups is 2. The van der Waals surface area contributed by atoms with Gasteiger partial charge in [0.25, 0.3) is 0 Å². The lowest BCUT2D eigenvalue weighted by atomic mass is 10.1. The van der Waals surface area contributed by atoms with Gasteiger partial charge in [-0.2, -0.15) is 0 Å². The molecule has 0 aromatic carbocycles. The van der Waals surface area contributed by atoms with Crippen molar-refractivity contribution < 1.29 is 0 Å². The predicted octanol–water partition coefficient (Wildman–Crippen LogP) is 4.55. The Morgan fingerprint density at radius 2 is 2.15 bits per heavy atom. The fourth-order valence-electron chi connectivity index (χ4n) is 2.74. The first-order valence-corrected chi connectivity index (χ1v) is 10.6. The van der Waals surface area contributed by atoms with Crippen molar-refractivity contribution in [1.82, 2.24) is 4.98 Å². The number of anilines is 2. The summed E-state index contributed by atoms with van der Waals surface area (Å²) >= 11 is 0. The Morgan fingerprint density at radius 3 is 2.82 bits per heavy atom. The molecule has 0 bridgehead atoms. The second kappa shape index (κ2) is 13.9. The van der Waals surface area contributed by atoms with Crippen LogP contribution < -0.4 is 16.8 Å². The van der Waals surface area contributed by atoms with Gasteiger partial charge in [-0.15, -0.1) is 0 Å². The van der Waals surface area contributed by atoms with Gasteiger partial charge < -0.3 is 16.8 Å². The van der Waals surface area contributed by atoms with E-state index in [4.69, 9.17) is 16.5 Å². The maximum absolute atomic E-state index is 6.28. The first-order valence-electron chi connectivity index (χ1n) is 10.6. The molecule has 1 aliphatic heterocycles. The average molecular weight is 442 g/mol. The van der Waals surface area contributed by atoms with E-state index in [-0.39, 0.29) is 6.04 Å². The number of rotatable bonds is 10. The summed E-state index contributed by atoms with van der Waals surface area (Å²) in [6.45, 7) is 10.1. The van der Waals surface area contributed by atoms with E-state index in [2.05, 4.69) is 33.4 Å². The summed E-state index contributed by atoms with van der Waals surface area (Å²) < 4.78 is 0. The molecule has 2 heterocycles. The molecule has 0 amide bonds. The van der Waals surface area contributed by atoms with Gasteiger partial charge in [-0.1, -0.05) is 55.7 Å². The van der Waals surface area contributed by atoms with Crippen molar-refractivity contribution in [1.29, 1.82) is 0 Å². The van der Waals surface area contributed by atoms with Crippen LogP contribution in [0.4, 0.5) is 11.5 Å². The highest BCUT2D eigenvalue weighted by Gasteiger charge is 2.13. The third kappa shape index (κ3) is 8.41. The zero-order chi connectivity index (χ0) is 23.9. The van der Waals surface area contributed by atoms with Gasteiger partial charge in [0.2, 0.25) is 0 Å². The first kappa shape index (κ1) is 25.0. The number of aromatic nitrogens is 1. The smallest absolute Gasteiger partial charge is 0.161 e. The molecular formula is C26H31N7. The predicted molar refractivity (Wildman–Crippen MR) is 143 cm³/mol. The van der Waals surface area contributed by atoms with Gasteiger partial charge in [0, 0.05) is 24.5 Å². The number of hydrogen-bond donors (Lipinski definition) is 3. The van der Waals surface area contributed by atoms with Gasteiger partial charge in [-0.05, 0) is 43.7 Å². The van der Waals surface area contributed by atoms with E-state index in [1.165, 1.54) is 0 Å². The van der Waals surface area contributed by atoms with Crippen LogP contribution in [0.2, 0.25) is 0 Å². The monoisotopic (exact) mass is 441 g/mol. The first-order chi connectivity index (χ1) is 16.1. The van der Waals surface area contributed by atoms with Crippen LogP contribution in [0, 0.1) is 0 Å². The SMILES string of the molecule is C=C/C=C(\C=C/CNc1ncccc1N)/N=C(N=C(N)C1CC=CC=N1)\C(C=C)=C\C=C/C.